The first-order valence-electron chi connectivity index (χ1n) is 5.49. The summed E-state index contributed by atoms with van der Waals surface area (Å²) < 4.78 is 8.25. The molecule has 5 nitrogen and oxygen atoms in total. The quantitative estimate of drug-likeness (QED) is 0.455. The highest BCUT2D eigenvalue weighted by Crippen LogP contribution is 2.25. The van der Waals surface area contributed by atoms with E-state index < -0.39 is 0 Å². The molecule has 0 fully saturated rings. The maximum atomic E-state index is 5.57. The molecular weight excluding hydrogens is 272 g/mol. The lowest BCUT2D eigenvalue weighted by molar-refractivity contribution is 0.135. The van der Waals surface area contributed by atoms with E-state index >= 15 is 0 Å². The summed E-state index contributed by atoms with van der Waals surface area (Å²) in [6.07, 6.45) is 2.62. The van der Waals surface area contributed by atoms with Crippen molar-refractivity contribution in [1.29, 1.82) is 0 Å². The number of aromatic nitrogens is 2. The van der Waals surface area contributed by atoms with Gasteiger partial charge in [0.15, 0.2) is 0 Å². The summed E-state index contributed by atoms with van der Waals surface area (Å²) in [5, 5.41) is 4.26. The third-order valence-corrected chi connectivity index (χ3v) is 3.03. The van der Waals surface area contributed by atoms with Crippen molar-refractivity contribution in [3.63, 3.8) is 0 Å². The van der Waals surface area contributed by atoms with Gasteiger partial charge in [-0.1, -0.05) is 0 Å². The summed E-state index contributed by atoms with van der Waals surface area (Å²) in [6, 6.07) is 0.0587. The average Bonchev–Trinajstić information content (AvgIpc) is 2.66. The normalized spacial score (nSPS) is 13.0. The van der Waals surface area contributed by atoms with E-state index in [-0.39, 0.29) is 6.04 Å². The van der Waals surface area contributed by atoms with Gasteiger partial charge >= 0.3 is 0 Å². The minimum Gasteiger partial charge on any atom is -0.382 e. The number of rotatable bonds is 7. The van der Waals surface area contributed by atoms with Gasteiger partial charge in [0, 0.05) is 19.8 Å². The number of ether oxygens (including phenoxy) is 1. The van der Waals surface area contributed by atoms with Crippen molar-refractivity contribution in [2.75, 3.05) is 13.2 Å². The fourth-order valence-corrected chi connectivity index (χ4v) is 2.19. The predicted octanol–water partition coefficient (Wildman–Crippen LogP) is 1.60. The van der Waals surface area contributed by atoms with Crippen molar-refractivity contribution >= 4 is 15.9 Å². The smallest absolute Gasteiger partial charge is 0.0709 e. The molecule has 3 N–H and O–H groups in total. The van der Waals surface area contributed by atoms with Gasteiger partial charge in [-0.2, -0.15) is 5.10 Å². The van der Waals surface area contributed by atoms with Gasteiger partial charge in [-0.25, -0.2) is 0 Å². The molecule has 1 heterocycles. The Morgan fingerprint density at radius 1 is 1.62 bits per heavy atom. The van der Waals surface area contributed by atoms with Gasteiger partial charge in [-0.3, -0.25) is 16.0 Å². The van der Waals surface area contributed by atoms with Crippen LogP contribution in [0, 0.1) is 0 Å². The molecule has 1 atom stereocenters. The van der Waals surface area contributed by atoms with Crippen LogP contribution < -0.4 is 11.3 Å². The molecule has 0 radical (unpaired) electrons. The van der Waals surface area contributed by atoms with Crippen molar-refractivity contribution in [1.82, 2.24) is 15.2 Å². The highest BCUT2D eigenvalue weighted by atomic mass is 79.9. The van der Waals surface area contributed by atoms with Crippen molar-refractivity contribution in [3.8, 4) is 0 Å². The Morgan fingerprint density at radius 3 is 2.94 bits per heavy atom. The van der Waals surface area contributed by atoms with Crippen LogP contribution in [-0.4, -0.2) is 23.0 Å². The Hall–Kier alpha value is -0.430. The first-order valence-corrected chi connectivity index (χ1v) is 6.28. The highest BCUT2D eigenvalue weighted by Gasteiger charge is 2.18. The van der Waals surface area contributed by atoms with Crippen molar-refractivity contribution in [3.05, 3.63) is 16.4 Å². The van der Waals surface area contributed by atoms with E-state index in [0.29, 0.717) is 6.61 Å². The average molecular weight is 291 g/mol. The monoisotopic (exact) mass is 290 g/mol. The van der Waals surface area contributed by atoms with Crippen LogP contribution in [-0.2, 0) is 11.3 Å². The summed E-state index contributed by atoms with van der Waals surface area (Å²) in [7, 11) is 0. The molecule has 0 aliphatic rings. The predicted molar refractivity (Wildman–Crippen MR) is 66.8 cm³/mol. The number of aryl methyl sites for hydroxylation is 1. The van der Waals surface area contributed by atoms with Crippen LogP contribution in [0.2, 0.25) is 0 Å². The molecule has 0 bridgehead atoms. The molecule has 16 heavy (non-hydrogen) atoms. The first-order chi connectivity index (χ1) is 7.74. The number of nitrogens with two attached hydrogens (primary N) is 1. The number of hydrazine groups is 1. The largest absolute Gasteiger partial charge is 0.382 e. The topological polar surface area (TPSA) is 65.1 Å². The molecule has 1 unspecified atom stereocenters. The molecule has 1 rings (SSSR count). The van der Waals surface area contributed by atoms with Crippen LogP contribution in [0.25, 0.3) is 0 Å². The van der Waals surface area contributed by atoms with Crippen LogP contribution >= 0.6 is 15.9 Å². The molecule has 0 spiro atoms. The van der Waals surface area contributed by atoms with Crippen LogP contribution in [0.1, 0.15) is 32.0 Å². The molecule has 0 aliphatic carbocycles. The van der Waals surface area contributed by atoms with Crippen LogP contribution in [0.15, 0.2) is 10.7 Å². The van der Waals surface area contributed by atoms with Crippen LogP contribution in [0.4, 0.5) is 0 Å². The van der Waals surface area contributed by atoms with E-state index in [1.165, 1.54) is 0 Å². The highest BCUT2D eigenvalue weighted by molar-refractivity contribution is 9.10. The lowest BCUT2D eigenvalue weighted by Crippen LogP contribution is -2.31. The number of halogens is 1. The lowest BCUT2D eigenvalue weighted by atomic mass is 10.1. The Kier molecular flexibility index (Phi) is 5.97. The Labute approximate surface area is 104 Å². The van der Waals surface area contributed by atoms with Gasteiger partial charge in [-0.05, 0) is 36.2 Å². The van der Waals surface area contributed by atoms with Gasteiger partial charge in [0.2, 0.25) is 0 Å². The number of hydrogen-bond donors (Lipinski definition) is 2. The molecule has 1 aromatic heterocycles. The minimum absolute atomic E-state index is 0.0587. The third kappa shape index (κ3) is 3.28. The van der Waals surface area contributed by atoms with Crippen LogP contribution in [0.3, 0.4) is 0 Å². The zero-order chi connectivity index (χ0) is 12.0. The number of nitrogens with one attached hydrogen (secondary N) is 1. The number of nitrogens with zero attached hydrogens (tertiary/aromatic N) is 2. The van der Waals surface area contributed by atoms with E-state index in [1.54, 1.807) is 6.20 Å². The van der Waals surface area contributed by atoms with Crippen molar-refractivity contribution in [2.45, 2.75) is 32.9 Å². The van der Waals surface area contributed by atoms with Gasteiger partial charge in [0.25, 0.3) is 0 Å². The van der Waals surface area contributed by atoms with Gasteiger partial charge in [0.05, 0.1) is 22.4 Å². The summed E-state index contributed by atoms with van der Waals surface area (Å²) in [6.45, 7) is 6.28. The second kappa shape index (κ2) is 7.01. The van der Waals surface area contributed by atoms with Crippen LogP contribution in [0.5, 0.6) is 0 Å². The molecule has 0 aliphatic heterocycles. The summed E-state index contributed by atoms with van der Waals surface area (Å²) >= 11 is 3.49. The van der Waals surface area contributed by atoms with Crippen molar-refractivity contribution in [2.24, 2.45) is 5.84 Å². The maximum absolute atomic E-state index is 5.57. The van der Waals surface area contributed by atoms with Gasteiger partial charge in [0.1, 0.15) is 0 Å². The van der Waals surface area contributed by atoms with E-state index in [1.807, 2.05) is 11.6 Å². The maximum Gasteiger partial charge on any atom is 0.0709 e. The second-order valence-electron chi connectivity index (χ2n) is 3.40. The third-order valence-electron chi connectivity index (χ3n) is 2.42. The molecule has 0 saturated carbocycles. The van der Waals surface area contributed by atoms with E-state index in [9.17, 15) is 0 Å². The zero-order valence-electron chi connectivity index (χ0n) is 9.74. The standard InChI is InChI=1S/C10H19BrN4O/c1-3-15-10(8(11)7-13-15)9(14-12)5-6-16-4-2/h7,9,14H,3-6,12H2,1-2H3. The SMILES string of the molecule is CCOCCC(NN)c1c(Br)cnn1CC. The molecule has 92 valence electrons. The first kappa shape index (κ1) is 13.6. The van der Waals surface area contributed by atoms with Gasteiger partial charge < -0.3 is 4.74 Å². The molecule has 0 saturated heterocycles. The molecule has 0 amide bonds. The second-order valence-corrected chi connectivity index (χ2v) is 4.25. The van der Waals surface area contributed by atoms with E-state index in [0.717, 1.165) is 29.7 Å². The number of hydrogen-bond acceptors (Lipinski definition) is 4. The molecule has 0 aromatic carbocycles. The fraction of sp³-hybridized carbons (Fsp3) is 0.700. The summed E-state index contributed by atoms with van der Waals surface area (Å²) in [5.74, 6) is 5.57. The fourth-order valence-electron chi connectivity index (χ4n) is 1.61. The van der Waals surface area contributed by atoms with E-state index in [2.05, 4.69) is 33.4 Å². The lowest BCUT2D eigenvalue weighted by Gasteiger charge is -2.17. The van der Waals surface area contributed by atoms with Gasteiger partial charge in [-0.15, -0.1) is 0 Å². The Morgan fingerprint density at radius 2 is 2.38 bits per heavy atom. The Balaban J connectivity index is 2.73. The Bertz CT molecular complexity index is 316. The zero-order valence-corrected chi connectivity index (χ0v) is 11.3. The molecule has 1 aromatic rings. The molecular formula is C10H19BrN4O. The summed E-state index contributed by atoms with van der Waals surface area (Å²) in [4.78, 5) is 0. The minimum atomic E-state index is 0.0587. The summed E-state index contributed by atoms with van der Waals surface area (Å²) in [5.41, 5.74) is 3.88. The van der Waals surface area contributed by atoms with E-state index in [4.69, 9.17) is 10.6 Å². The molecule has 6 heteroatoms. The van der Waals surface area contributed by atoms with Crippen molar-refractivity contribution < 1.29 is 4.74 Å².